The first-order valence-electron chi connectivity index (χ1n) is 5.78. The van der Waals surface area contributed by atoms with E-state index in [9.17, 15) is 0 Å². The molecule has 1 saturated carbocycles. The van der Waals surface area contributed by atoms with Crippen LogP contribution in [0.25, 0.3) is 0 Å². The molecule has 3 unspecified atom stereocenters. The second-order valence-corrected chi connectivity index (χ2v) is 6.42. The van der Waals surface area contributed by atoms with Crippen LogP contribution in [0.15, 0.2) is 0 Å². The summed E-state index contributed by atoms with van der Waals surface area (Å²) >= 11 is 8.33. The third-order valence-corrected chi connectivity index (χ3v) is 4.78. The van der Waals surface area contributed by atoms with Crippen LogP contribution in [-0.4, -0.2) is 17.4 Å². The molecule has 0 radical (unpaired) electrons. The summed E-state index contributed by atoms with van der Waals surface area (Å²) in [6.07, 6.45) is 7.46. The van der Waals surface area contributed by atoms with E-state index in [0.29, 0.717) is 5.38 Å². The van der Waals surface area contributed by atoms with E-state index in [0.717, 1.165) is 17.8 Å². The van der Waals surface area contributed by atoms with Crippen LogP contribution in [0.1, 0.15) is 39.5 Å². The van der Waals surface area contributed by atoms with Gasteiger partial charge in [0, 0.05) is 5.38 Å². The van der Waals surface area contributed by atoms with Crippen LogP contribution in [0, 0.1) is 17.8 Å². The van der Waals surface area contributed by atoms with Gasteiger partial charge in [-0.05, 0) is 55.4 Å². The first-order chi connectivity index (χ1) is 6.65. The zero-order chi connectivity index (χ0) is 10.6. The van der Waals surface area contributed by atoms with Gasteiger partial charge in [-0.3, -0.25) is 0 Å². The topological polar surface area (TPSA) is 0 Å². The van der Waals surface area contributed by atoms with Gasteiger partial charge in [0.05, 0.1) is 0 Å². The summed E-state index contributed by atoms with van der Waals surface area (Å²) in [5.74, 6) is 3.83. The van der Waals surface area contributed by atoms with Gasteiger partial charge in [0.25, 0.3) is 0 Å². The summed E-state index contributed by atoms with van der Waals surface area (Å²) in [4.78, 5) is 0. The Morgan fingerprint density at radius 2 is 2.07 bits per heavy atom. The molecule has 1 aliphatic rings. The van der Waals surface area contributed by atoms with Gasteiger partial charge in [-0.15, -0.1) is 11.6 Å². The van der Waals surface area contributed by atoms with Crippen molar-refractivity contribution in [1.82, 2.24) is 0 Å². The van der Waals surface area contributed by atoms with Crippen LogP contribution in [0.3, 0.4) is 0 Å². The molecule has 2 heteroatoms. The maximum atomic E-state index is 6.38. The second kappa shape index (κ2) is 6.27. The molecular weight excluding hydrogens is 212 g/mol. The summed E-state index contributed by atoms with van der Waals surface area (Å²) in [5, 5.41) is 0.456. The van der Waals surface area contributed by atoms with Crippen LogP contribution < -0.4 is 0 Å². The van der Waals surface area contributed by atoms with Gasteiger partial charge in [0.2, 0.25) is 0 Å². The minimum Gasteiger partial charge on any atom is -0.165 e. The maximum Gasteiger partial charge on any atom is 0.0364 e. The van der Waals surface area contributed by atoms with E-state index in [1.165, 1.54) is 31.4 Å². The Bertz CT molecular complexity index is 158. The Morgan fingerprint density at radius 1 is 1.36 bits per heavy atom. The third kappa shape index (κ3) is 3.66. The number of hydrogen-bond donors (Lipinski definition) is 0. The molecule has 0 bridgehead atoms. The average Bonchev–Trinajstić information content (AvgIpc) is 2.16. The monoisotopic (exact) mass is 234 g/mol. The van der Waals surface area contributed by atoms with E-state index in [4.69, 9.17) is 11.6 Å². The SMILES string of the molecule is CSCCC1CC(C(C)C)CCC1Cl. The van der Waals surface area contributed by atoms with Gasteiger partial charge < -0.3 is 0 Å². The first-order valence-corrected chi connectivity index (χ1v) is 7.61. The summed E-state index contributed by atoms with van der Waals surface area (Å²) in [6, 6.07) is 0. The summed E-state index contributed by atoms with van der Waals surface area (Å²) < 4.78 is 0. The fourth-order valence-electron chi connectivity index (χ4n) is 2.44. The Hall–Kier alpha value is 0.640. The molecule has 84 valence electrons. The molecule has 14 heavy (non-hydrogen) atoms. The number of alkyl halides is 1. The fraction of sp³-hybridized carbons (Fsp3) is 1.00. The van der Waals surface area contributed by atoms with Crippen molar-refractivity contribution < 1.29 is 0 Å². The minimum absolute atomic E-state index is 0.456. The highest BCUT2D eigenvalue weighted by atomic mass is 35.5. The lowest BCUT2D eigenvalue weighted by Gasteiger charge is -2.35. The van der Waals surface area contributed by atoms with Gasteiger partial charge in [-0.1, -0.05) is 13.8 Å². The predicted octanol–water partition coefficient (Wildman–Crippen LogP) is 4.42. The van der Waals surface area contributed by atoms with Crippen LogP contribution in [-0.2, 0) is 0 Å². The van der Waals surface area contributed by atoms with Crippen LogP contribution >= 0.6 is 23.4 Å². The molecule has 0 aromatic carbocycles. The summed E-state index contributed by atoms with van der Waals surface area (Å²) in [5.41, 5.74) is 0. The van der Waals surface area contributed by atoms with Gasteiger partial charge in [-0.25, -0.2) is 0 Å². The Balaban J connectivity index is 2.38. The standard InChI is InChI=1S/C12H23ClS/c1-9(2)10-4-5-12(13)11(8-10)6-7-14-3/h9-12H,4-8H2,1-3H3. The van der Waals surface area contributed by atoms with Crippen molar-refractivity contribution in [3.8, 4) is 0 Å². The van der Waals surface area contributed by atoms with Crippen molar-refractivity contribution >= 4 is 23.4 Å². The van der Waals surface area contributed by atoms with Crippen molar-refractivity contribution in [2.45, 2.75) is 44.9 Å². The highest BCUT2D eigenvalue weighted by Crippen LogP contribution is 2.38. The van der Waals surface area contributed by atoms with Crippen molar-refractivity contribution in [1.29, 1.82) is 0 Å². The molecule has 0 aromatic heterocycles. The third-order valence-electron chi connectivity index (χ3n) is 3.57. The molecule has 0 heterocycles. The molecule has 3 atom stereocenters. The number of thioether (sulfide) groups is 1. The predicted molar refractivity (Wildman–Crippen MR) is 68.3 cm³/mol. The van der Waals surface area contributed by atoms with E-state index >= 15 is 0 Å². The normalized spacial score (nSPS) is 33.6. The lowest BCUT2D eigenvalue weighted by atomic mass is 9.75. The minimum atomic E-state index is 0.456. The van der Waals surface area contributed by atoms with Crippen molar-refractivity contribution in [2.75, 3.05) is 12.0 Å². The van der Waals surface area contributed by atoms with Gasteiger partial charge in [0.15, 0.2) is 0 Å². The quantitative estimate of drug-likeness (QED) is 0.649. The number of halogens is 1. The highest BCUT2D eigenvalue weighted by molar-refractivity contribution is 7.98. The second-order valence-electron chi connectivity index (χ2n) is 4.87. The molecule has 0 amide bonds. The van der Waals surface area contributed by atoms with Crippen LogP contribution in [0.4, 0.5) is 0 Å². The van der Waals surface area contributed by atoms with Crippen LogP contribution in [0.5, 0.6) is 0 Å². The lowest BCUT2D eigenvalue weighted by Crippen LogP contribution is -2.28. The Morgan fingerprint density at radius 3 is 2.64 bits per heavy atom. The molecule has 0 aromatic rings. The van der Waals surface area contributed by atoms with Gasteiger partial charge >= 0.3 is 0 Å². The molecule has 0 spiro atoms. The van der Waals surface area contributed by atoms with Gasteiger partial charge in [-0.2, -0.15) is 11.8 Å². The molecule has 1 rings (SSSR count). The molecule has 0 aliphatic heterocycles. The smallest absolute Gasteiger partial charge is 0.0364 e. The summed E-state index contributed by atoms with van der Waals surface area (Å²) in [7, 11) is 0. The Labute approximate surface area is 98.2 Å². The van der Waals surface area contributed by atoms with Gasteiger partial charge in [0.1, 0.15) is 0 Å². The number of hydrogen-bond acceptors (Lipinski definition) is 1. The van der Waals surface area contributed by atoms with E-state index in [1.807, 2.05) is 11.8 Å². The summed E-state index contributed by atoms with van der Waals surface area (Å²) in [6.45, 7) is 4.70. The Kier molecular flexibility index (Phi) is 5.69. The van der Waals surface area contributed by atoms with Crippen LogP contribution in [0.2, 0.25) is 0 Å². The fourth-order valence-corrected chi connectivity index (χ4v) is 3.33. The molecule has 0 N–H and O–H groups in total. The van der Waals surface area contributed by atoms with Crippen molar-refractivity contribution in [3.05, 3.63) is 0 Å². The van der Waals surface area contributed by atoms with Crippen molar-refractivity contribution in [2.24, 2.45) is 17.8 Å². The van der Waals surface area contributed by atoms with E-state index in [1.54, 1.807) is 0 Å². The average molecular weight is 235 g/mol. The molecular formula is C12H23ClS. The zero-order valence-electron chi connectivity index (χ0n) is 9.63. The van der Waals surface area contributed by atoms with E-state index < -0.39 is 0 Å². The first kappa shape index (κ1) is 12.7. The van der Waals surface area contributed by atoms with Crippen molar-refractivity contribution in [3.63, 3.8) is 0 Å². The highest BCUT2D eigenvalue weighted by Gasteiger charge is 2.29. The van der Waals surface area contributed by atoms with E-state index in [2.05, 4.69) is 20.1 Å². The molecule has 0 saturated heterocycles. The largest absolute Gasteiger partial charge is 0.165 e. The molecule has 1 fully saturated rings. The van der Waals surface area contributed by atoms with E-state index in [-0.39, 0.29) is 0 Å². The molecule has 1 aliphatic carbocycles. The lowest BCUT2D eigenvalue weighted by molar-refractivity contribution is 0.216. The number of rotatable bonds is 4. The molecule has 0 nitrogen and oxygen atoms in total. The maximum absolute atomic E-state index is 6.38. The zero-order valence-corrected chi connectivity index (χ0v) is 11.2.